The summed E-state index contributed by atoms with van der Waals surface area (Å²) in [5, 5.41) is 7.88. The molecule has 1 aliphatic rings. The normalized spacial score (nSPS) is 18.0. The number of hydrogen-bond acceptors (Lipinski definition) is 6. The Morgan fingerprint density at radius 2 is 2.32 bits per heavy atom. The molecule has 0 aliphatic carbocycles. The first-order chi connectivity index (χ1) is 12.1. The van der Waals surface area contributed by atoms with Crippen LogP contribution in [0.5, 0.6) is 0 Å². The Bertz CT molecular complexity index is 961. The fourth-order valence-corrected chi connectivity index (χ4v) is 4.82. The lowest BCUT2D eigenvalue weighted by atomic mass is 10.2. The molecule has 1 aliphatic heterocycles. The zero-order valence-corrected chi connectivity index (χ0v) is 15.4. The number of carbonyl (C=O) groups is 1. The zero-order valence-electron chi connectivity index (χ0n) is 13.8. The van der Waals surface area contributed by atoms with Crippen LogP contribution in [0.25, 0.3) is 20.7 Å². The second kappa shape index (κ2) is 6.70. The minimum atomic E-state index is -0.147. The van der Waals surface area contributed by atoms with Crippen LogP contribution in [0.15, 0.2) is 34.0 Å². The third-order valence-corrected chi connectivity index (χ3v) is 6.16. The first kappa shape index (κ1) is 16.4. The van der Waals surface area contributed by atoms with Crippen molar-refractivity contribution >= 4 is 38.8 Å². The third-order valence-electron chi connectivity index (χ3n) is 4.37. The number of rotatable bonds is 3. The fourth-order valence-electron chi connectivity index (χ4n) is 3.10. The standard InChI is InChI=1S/C17H18N4O2S2/c1-11-7-20(5-4-18-11)14(22)8-21-10-19-16-15(17(21)23)12(9-25-16)13-3-2-6-24-13/h2-3,6,9-11,18H,4-5,7-8H2,1H3. The van der Waals surface area contributed by atoms with Crippen LogP contribution in [0.2, 0.25) is 0 Å². The zero-order chi connectivity index (χ0) is 17.4. The van der Waals surface area contributed by atoms with Crippen LogP contribution >= 0.6 is 22.7 Å². The first-order valence-corrected chi connectivity index (χ1v) is 9.91. The number of thiophene rings is 2. The summed E-state index contributed by atoms with van der Waals surface area (Å²) in [5.74, 6) is -0.0375. The predicted molar refractivity (Wildman–Crippen MR) is 101 cm³/mol. The number of piperazine rings is 1. The lowest BCUT2D eigenvalue weighted by molar-refractivity contribution is -0.133. The predicted octanol–water partition coefficient (Wildman–Crippen LogP) is 2.01. The molecule has 0 aromatic carbocycles. The Labute approximate surface area is 152 Å². The summed E-state index contributed by atoms with van der Waals surface area (Å²) in [5.41, 5.74) is 0.760. The lowest BCUT2D eigenvalue weighted by Crippen LogP contribution is -2.52. The molecule has 0 bridgehead atoms. The summed E-state index contributed by atoms with van der Waals surface area (Å²) in [6.45, 7) is 4.22. The summed E-state index contributed by atoms with van der Waals surface area (Å²) in [6.07, 6.45) is 1.49. The number of carbonyl (C=O) groups excluding carboxylic acids is 1. The molecule has 8 heteroatoms. The summed E-state index contributed by atoms with van der Waals surface area (Å²) in [7, 11) is 0. The van der Waals surface area contributed by atoms with Crippen molar-refractivity contribution in [3.8, 4) is 10.4 Å². The van der Waals surface area contributed by atoms with Gasteiger partial charge >= 0.3 is 0 Å². The molecular weight excluding hydrogens is 356 g/mol. The van der Waals surface area contributed by atoms with E-state index >= 15 is 0 Å². The Morgan fingerprint density at radius 1 is 1.44 bits per heavy atom. The van der Waals surface area contributed by atoms with E-state index in [4.69, 9.17) is 0 Å². The van der Waals surface area contributed by atoms with Crippen LogP contribution in [0, 0.1) is 0 Å². The summed E-state index contributed by atoms with van der Waals surface area (Å²) < 4.78 is 1.43. The van der Waals surface area contributed by atoms with Gasteiger partial charge in [0.1, 0.15) is 11.4 Å². The van der Waals surface area contributed by atoms with Crippen molar-refractivity contribution in [1.29, 1.82) is 0 Å². The van der Waals surface area contributed by atoms with Crippen LogP contribution in [0.1, 0.15) is 6.92 Å². The van der Waals surface area contributed by atoms with Crippen LogP contribution in [0.3, 0.4) is 0 Å². The highest BCUT2D eigenvalue weighted by molar-refractivity contribution is 7.18. The van der Waals surface area contributed by atoms with Gasteiger partial charge in [-0.1, -0.05) is 6.07 Å². The van der Waals surface area contributed by atoms with Gasteiger partial charge in [-0.3, -0.25) is 14.2 Å². The summed E-state index contributed by atoms with van der Waals surface area (Å²) in [4.78, 5) is 33.5. The van der Waals surface area contributed by atoms with Crippen molar-refractivity contribution in [1.82, 2.24) is 19.8 Å². The number of fused-ring (bicyclic) bond motifs is 1. The second-order valence-electron chi connectivity index (χ2n) is 6.18. The molecule has 25 heavy (non-hydrogen) atoms. The van der Waals surface area contributed by atoms with Crippen molar-refractivity contribution < 1.29 is 4.79 Å². The Hall–Kier alpha value is -2.03. The van der Waals surface area contributed by atoms with Crippen LogP contribution in [-0.2, 0) is 11.3 Å². The van der Waals surface area contributed by atoms with Gasteiger partial charge in [0.25, 0.3) is 5.56 Å². The maximum Gasteiger partial charge on any atom is 0.263 e. The number of hydrogen-bond donors (Lipinski definition) is 1. The van der Waals surface area contributed by atoms with Gasteiger partial charge in [0.15, 0.2) is 0 Å². The molecule has 0 spiro atoms. The molecular formula is C17H18N4O2S2. The number of amides is 1. The van der Waals surface area contributed by atoms with Gasteiger partial charge in [0, 0.05) is 41.5 Å². The van der Waals surface area contributed by atoms with Gasteiger partial charge in [-0.05, 0) is 18.4 Å². The molecule has 4 rings (SSSR count). The fraction of sp³-hybridized carbons (Fsp3) is 0.353. The molecule has 1 fully saturated rings. The van der Waals surface area contributed by atoms with Crippen LogP contribution < -0.4 is 10.9 Å². The van der Waals surface area contributed by atoms with E-state index in [1.165, 1.54) is 22.2 Å². The Morgan fingerprint density at radius 3 is 3.08 bits per heavy atom. The van der Waals surface area contributed by atoms with E-state index in [1.807, 2.05) is 27.8 Å². The molecule has 1 N–H and O–H groups in total. The smallest absolute Gasteiger partial charge is 0.263 e. The van der Waals surface area contributed by atoms with E-state index in [9.17, 15) is 9.59 Å². The summed E-state index contributed by atoms with van der Waals surface area (Å²) in [6, 6.07) is 4.24. The SMILES string of the molecule is CC1CN(C(=O)Cn2cnc3scc(-c4cccs4)c3c2=O)CCN1. The Kier molecular flexibility index (Phi) is 4.41. The molecule has 6 nitrogen and oxygen atoms in total. The average Bonchev–Trinajstić information content (AvgIpc) is 3.26. The topological polar surface area (TPSA) is 67.2 Å². The molecule has 3 aromatic heterocycles. The maximum atomic E-state index is 12.9. The van der Waals surface area contributed by atoms with E-state index in [2.05, 4.69) is 17.2 Å². The molecule has 4 heterocycles. The van der Waals surface area contributed by atoms with Crippen molar-refractivity contribution in [3.63, 3.8) is 0 Å². The van der Waals surface area contributed by atoms with Crippen molar-refractivity contribution in [2.24, 2.45) is 0 Å². The largest absolute Gasteiger partial charge is 0.338 e. The third kappa shape index (κ3) is 3.12. The highest BCUT2D eigenvalue weighted by atomic mass is 32.1. The van der Waals surface area contributed by atoms with Crippen molar-refractivity contribution in [3.05, 3.63) is 39.6 Å². The first-order valence-electron chi connectivity index (χ1n) is 8.15. The van der Waals surface area contributed by atoms with E-state index in [1.54, 1.807) is 11.3 Å². The highest BCUT2D eigenvalue weighted by Crippen LogP contribution is 2.33. The maximum absolute atomic E-state index is 12.9. The van der Waals surface area contributed by atoms with Crippen molar-refractivity contribution in [2.45, 2.75) is 19.5 Å². The van der Waals surface area contributed by atoms with Gasteiger partial charge in [-0.25, -0.2) is 4.98 Å². The molecule has 1 amide bonds. The highest BCUT2D eigenvalue weighted by Gasteiger charge is 2.22. The van der Waals surface area contributed by atoms with Crippen molar-refractivity contribution in [2.75, 3.05) is 19.6 Å². The molecule has 0 saturated carbocycles. The van der Waals surface area contributed by atoms with Gasteiger partial charge in [0.05, 0.1) is 11.7 Å². The minimum absolute atomic E-state index is 0.0359. The van der Waals surface area contributed by atoms with Gasteiger partial charge < -0.3 is 10.2 Å². The van der Waals surface area contributed by atoms with Crippen LogP contribution in [-0.4, -0.2) is 46.0 Å². The van der Waals surface area contributed by atoms with E-state index in [0.717, 1.165) is 17.0 Å². The average molecular weight is 374 g/mol. The lowest BCUT2D eigenvalue weighted by Gasteiger charge is -2.32. The number of nitrogens with zero attached hydrogens (tertiary/aromatic N) is 3. The quantitative estimate of drug-likeness (QED) is 0.762. The Balaban J connectivity index is 1.66. The number of nitrogens with one attached hydrogen (secondary N) is 1. The molecule has 1 saturated heterocycles. The monoisotopic (exact) mass is 374 g/mol. The van der Waals surface area contributed by atoms with Gasteiger partial charge in [0.2, 0.25) is 5.91 Å². The van der Waals surface area contributed by atoms with E-state index < -0.39 is 0 Å². The molecule has 3 aromatic rings. The van der Waals surface area contributed by atoms with E-state index in [-0.39, 0.29) is 24.1 Å². The summed E-state index contributed by atoms with van der Waals surface area (Å²) >= 11 is 3.06. The minimum Gasteiger partial charge on any atom is -0.338 e. The molecule has 130 valence electrons. The van der Waals surface area contributed by atoms with Gasteiger partial charge in [-0.15, -0.1) is 22.7 Å². The second-order valence-corrected chi connectivity index (χ2v) is 7.99. The molecule has 1 atom stereocenters. The number of aromatic nitrogens is 2. The van der Waals surface area contributed by atoms with E-state index in [0.29, 0.717) is 23.3 Å². The molecule has 0 radical (unpaired) electrons. The molecule has 1 unspecified atom stereocenters. The van der Waals surface area contributed by atoms with Gasteiger partial charge in [-0.2, -0.15) is 0 Å². The van der Waals surface area contributed by atoms with Crippen LogP contribution in [0.4, 0.5) is 0 Å².